The van der Waals surface area contributed by atoms with Crippen molar-refractivity contribution in [2.45, 2.75) is 96.8 Å². The fourth-order valence-electron chi connectivity index (χ4n) is 5.76. The first-order valence-electron chi connectivity index (χ1n) is 17.5. The fraction of sp³-hybridized carbons (Fsp3) is 0.447. The number of hydrogen-bond donors (Lipinski definition) is 3. The number of carbonyl (C=O) groups excluding carboxylic acids is 1. The molecule has 0 fully saturated rings. The molecule has 4 aromatic rings. The van der Waals surface area contributed by atoms with Crippen molar-refractivity contribution < 1.29 is 23.0 Å². The van der Waals surface area contributed by atoms with Crippen molar-refractivity contribution in [3.05, 3.63) is 66.7 Å². The Balaban J connectivity index is 1.38. The van der Waals surface area contributed by atoms with Gasteiger partial charge in [-0.1, -0.05) is 102 Å². The van der Waals surface area contributed by atoms with Crippen LogP contribution in [0, 0.1) is 0 Å². The fourth-order valence-corrected chi connectivity index (χ4v) is 6.32. The monoisotopic (exact) mass is 689 g/mol. The van der Waals surface area contributed by atoms with Gasteiger partial charge in [-0.3, -0.25) is 9.35 Å². The van der Waals surface area contributed by atoms with Gasteiger partial charge in [-0.05, 0) is 36.8 Å². The lowest BCUT2D eigenvalue weighted by atomic mass is 10.0. The van der Waals surface area contributed by atoms with Gasteiger partial charge in [-0.25, -0.2) is 18.5 Å². The second-order valence-corrected chi connectivity index (χ2v) is 13.1. The normalized spacial score (nSPS) is 11.7. The van der Waals surface area contributed by atoms with Gasteiger partial charge in [0.05, 0.1) is 30.9 Å². The zero-order chi connectivity index (χ0) is 34.8. The first-order chi connectivity index (χ1) is 23.9. The van der Waals surface area contributed by atoms with E-state index < -0.39 is 11.3 Å². The van der Waals surface area contributed by atoms with E-state index in [1.807, 2.05) is 18.2 Å². The quantitative estimate of drug-likeness (QED) is 0.0550. The summed E-state index contributed by atoms with van der Waals surface area (Å²) in [6.45, 7) is 2.25. The molecule has 49 heavy (non-hydrogen) atoms. The summed E-state index contributed by atoms with van der Waals surface area (Å²) in [5.41, 5.74) is 2.61. The Morgan fingerprint density at radius 3 is 1.88 bits per heavy atom. The van der Waals surface area contributed by atoms with Crippen LogP contribution in [0.5, 0.6) is 11.5 Å². The smallest absolute Gasteiger partial charge is 0.268 e. The molecule has 1 atom stereocenters. The van der Waals surface area contributed by atoms with Crippen LogP contribution < -0.4 is 24.4 Å². The maximum atomic E-state index is 12.9. The van der Waals surface area contributed by atoms with Gasteiger partial charge < -0.3 is 20.1 Å². The molecule has 11 heteroatoms. The van der Waals surface area contributed by atoms with E-state index >= 15 is 0 Å². The largest absolute Gasteiger partial charge is 0.497 e. The zero-order valence-electron chi connectivity index (χ0n) is 29.1. The summed E-state index contributed by atoms with van der Waals surface area (Å²) in [6.07, 6.45) is 16.7. The molecule has 0 aliphatic carbocycles. The van der Waals surface area contributed by atoms with Crippen LogP contribution in [0.25, 0.3) is 11.0 Å². The van der Waals surface area contributed by atoms with Gasteiger partial charge in [0, 0.05) is 36.0 Å². The number of fused-ring (bicyclic) bond motifs is 1. The SMILES string of the molecule is CCCCCCCCCCCCCCCC(=O)Nc1cccc(N(c2nc3ccccc3nc2Nc2cc(OC)cc(OC)c2)S(=O)O)c1. The molecule has 3 N–H and O–H groups in total. The van der Waals surface area contributed by atoms with E-state index in [0.29, 0.717) is 46.0 Å². The topological polar surface area (TPSA) is 126 Å². The highest BCUT2D eigenvalue weighted by molar-refractivity contribution is 7.81. The number of carbonyl (C=O) groups is 1. The predicted molar refractivity (Wildman–Crippen MR) is 201 cm³/mol. The van der Waals surface area contributed by atoms with Crippen LogP contribution in [0.3, 0.4) is 0 Å². The number of ether oxygens (including phenoxy) is 2. The number of rotatable bonds is 22. The van der Waals surface area contributed by atoms with Crippen LogP contribution >= 0.6 is 0 Å². The Morgan fingerprint density at radius 2 is 1.31 bits per heavy atom. The second-order valence-electron chi connectivity index (χ2n) is 12.2. The summed E-state index contributed by atoms with van der Waals surface area (Å²) in [7, 11) is 3.11. The highest BCUT2D eigenvalue weighted by atomic mass is 32.2. The van der Waals surface area contributed by atoms with Crippen LogP contribution in [0.15, 0.2) is 66.7 Å². The molecule has 0 aliphatic heterocycles. The Morgan fingerprint density at radius 1 is 0.735 bits per heavy atom. The summed E-state index contributed by atoms with van der Waals surface area (Å²) in [5, 5.41) is 6.19. The molecule has 3 aromatic carbocycles. The Hall–Kier alpha value is -4.22. The van der Waals surface area contributed by atoms with E-state index in [4.69, 9.17) is 19.4 Å². The number of nitrogens with zero attached hydrogens (tertiary/aromatic N) is 3. The third-order valence-corrected chi connectivity index (χ3v) is 9.08. The van der Waals surface area contributed by atoms with Crippen LogP contribution in [0.1, 0.15) is 96.8 Å². The molecule has 10 nitrogen and oxygen atoms in total. The molecular formula is C38H51N5O5S. The van der Waals surface area contributed by atoms with Crippen LogP contribution in [-0.2, 0) is 16.1 Å². The van der Waals surface area contributed by atoms with Gasteiger partial charge >= 0.3 is 0 Å². The molecule has 0 aliphatic rings. The summed E-state index contributed by atoms with van der Waals surface area (Å²) < 4.78 is 35.5. The number of anilines is 5. The second kappa shape index (κ2) is 20.3. The highest BCUT2D eigenvalue weighted by Gasteiger charge is 2.24. The molecule has 0 bridgehead atoms. The molecule has 0 radical (unpaired) electrons. The molecule has 1 amide bonds. The molecule has 0 spiro atoms. The third kappa shape index (κ3) is 12.0. The highest BCUT2D eigenvalue weighted by Crippen LogP contribution is 2.36. The van der Waals surface area contributed by atoms with Crippen molar-refractivity contribution in [3.8, 4) is 11.5 Å². The van der Waals surface area contributed by atoms with E-state index in [1.54, 1.807) is 62.8 Å². The van der Waals surface area contributed by atoms with Gasteiger partial charge in [0.2, 0.25) is 5.91 Å². The third-order valence-electron chi connectivity index (χ3n) is 8.39. The Kier molecular flexibility index (Phi) is 15.6. The summed E-state index contributed by atoms with van der Waals surface area (Å²) in [4.78, 5) is 22.3. The van der Waals surface area contributed by atoms with E-state index in [2.05, 4.69) is 17.6 Å². The number of hydrogen-bond acceptors (Lipinski definition) is 7. The van der Waals surface area contributed by atoms with Crippen LogP contribution in [0.4, 0.5) is 28.7 Å². The number of unbranched alkanes of at least 4 members (excludes halogenated alkanes) is 12. The van der Waals surface area contributed by atoms with Crippen molar-refractivity contribution in [2.24, 2.45) is 0 Å². The first-order valence-corrected chi connectivity index (χ1v) is 18.6. The summed E-state index contributed by atoms with van der Waals surface area (Å²) in [6, 6.07) is 19.4. The molecule has 0 saturated carbocycles. The zero-order valence-corrected chi connectivity index (χ0v) is 29.9. The molecule has 1 aromatic heterocycles. The minimum Gasteiger partial charge on any atom is -0.497 e. The molecule has 4 rings (SSSR count). The Bertz CT molecular complexity index is 1630. The van der Waals surface area contributed by atoms with E-state index in [0.717, 1.165) is 19.3 Å². The standard InChI is InChI=1S/C38H51N5O5S/c1-4-5-6-7-8-9-10-11-12-13-14-15-16-24-36(44)39-29-20-19-21-31(25-29)43(49(45)46)38-37(41-34-22-17-18-23-35(34)42-38)40-30-26-32(47-2)28-33(27-30)48-3/h17-23,25-28H,4-16,24H2,1-3H3,(H,39,44)(H,40,41)(H,45,46). The van der Waals surface area contributed by atoms with E-state index in [-0.39, 0.29) is 17.5 Å². The van der Waals surface area contributed by atoms with Crippen molar-refractivity contribution in [2.75, 3.05) is 29.2 Å². The summed E-state index contributed by atoms with van der Waals surface area (Å²) in [5.74, 6) is 1.39. The maximum Gasteiger partial charge on any atom is 0.268 e. The first kappa shape index (κ1) is 37.6. The van der Waals surface area contributed by atoms with Crippen LogP contribution in [0.2, 0.25) is 0 Å². The van der Waals surface area contributed by atoms with Gasteiger partial charge in [-0.15, -0.1) is 0 Å². The maximum absolute atomic E-state index is 12.9. The molecule has 264 valence electrons. The number of methoxy groups -OCH3 is 2. The average molecular weight is 690 g/mol. The van der Waals surface area contributed by atoms with E-state index in [9.17, 15) is 13.6 Å². The Labute approximate surface area is 293 Å². The molecule has 1 unspecified atom stereocenters. The lowest BCUT2D eigenvalue weighted by Crippen LogP contribution is -2.22. The molecule has 0 saturated heterocycles. The van der Waals surface area contributed by atoms with E-state index in [1.165, 1.54) is 68.5 Å². The van der Waals surface area contributed by atoms with Gasteiger partial charge in [-0.2, -0.15) is 0 Å². The van der Waals surface area contributed by atoms with Gasteiger partial charge in [0.1, 0.15) is 11.5 Å². The predicted octanol–water partition coefficient (Wildman–Crippen LogP) is 10.1. The van der Waals surface area contributed by atoms with Gasteiger partial charge in [0.25, 0.3) is 11.3 Å². The lowest BCUT2D eigenvalue weighted by Gasteiger charge is -2.23. The minimum absolute atomic E-state index is 0.0864. The molecule has 1 heterocycles. The van der Waals surface area contributed by atoms with Crippen LogP contribution in [-0.4, -0.2) is 38.9 Å². The minimum atomic E-state index is -2.53. The number of benzene rings is 3. The number of para-hydroxylation sites is 2. The van der Waals surface area contributed by atoms with Crippen molar-refractivity contribution >= 4 is 56.9 Å². The molecular weight excluding hydrogens is 639 g/mol. The number of aromatic nitrogens is 2. The lowest BCUT2D eigenvalue weighted by molar-refractivity contribution is -0.116. The summed E-state index contributed by atoms with van der Waals surface area (Å²) >= 11 is -2.53. The van der Waals surface area contributed by atoms with Crippen molar-refractivity contribution in [3.63, 3.8) is 0 Å². The van der Waals surface area contributed by atoms with Crippen molar-refractivity contribution in [1.82, 2.24) is 9.97 Å². The van der Waals surface area contributed by atoms with Gasteiger partial charge in [0.15, 0.2) is 11.6 Å². The number of nitrogens with one attached hydrogen (secondary N) is 2. The number of amides is 1. The average Bonchev–Trinajstić information content (AvgIpc) is 3.10. The van der Waals surface area contributed by atoms with Crippen molar-refractivity contribution in [1.29, 1.82) is 0 Å².